The minimum atomic E-state index is 0.336. The molecule has 0 unspecified atom stereocenters. The van der Waals surface area contributed by atoms with E-state index in [-0.39, 0.29) is 0 Å². The average Bonchev–Trinajstić information content (AvgIpc) is 2.61. The smallest absolute Gasteiger partial charge is 0.115 e. The van der Waals surface area contributed by atoms with E-state index in [2.05, 4.69) is 61.2 Å². The van der Waals surface area contributed by atoms with Gasteiger partial charge in [0.2, 0.25) is 0 Å². The maximum absolute atomic E-state index is 9.68. The molecule has 0 aliphatic rings. The highest BCUT2D eigenvalue weighted by Crippen LogP contribution is 2.15. The van der Waals surface area contributed by atoms with E-state index in [1.54, 1.807) is 6.07 Å². The van der Waals surface area contributed by atoms with Gasteiger partial charge >= 0.3 is 0 Å². The summed E-state index contributed by atoms with van der Waals surface area (Å²) in [6.45, 7) is 9.98. The lowest BCUT2D eigenvalue weighted by Crippen LogP contribution is -2.31. The van der Waals surface area contributed by atoms with E-state index < -0.39 is 0 Å². The van der Waals surface area contributed by atoms with Crippen molar-refractivity contribution >= 4 is 0 Å². The molecular formula is C22H34N2O. The van der Waals surface area contributed by atoms with Crippen molar-refractivity contribution in [1.29, 1.82) is 0 Å². The van der Waals surface area contributed by atoms with E-state index in [9.17, 15) is 5.11 Å². The maximum Gasteiger partial charge on any atom is 0.115 e. The Morgan fingerprint density at radius 2 is 1.36 bits per heavy atom. The van der Waals surface area contributed by atoms with Crippen LogP contribution >= 0.6 is 0 Å². The summed E-state index contributed by atoms with van der Waals surface area (Å²) in [5, 5.41) is 9.68. The van der Waals surface area contributed by atoms with Crippen molar-refractivity contribution in [3.63, 3.8) is 0 Å². The van der Waals surface area contributed by atoms with Gasteiger partial charge in [-0.05, 0) is 49.3 Å². The van der Waals surface area contributed by atoms with E-state index in [1.807, 2.05) is 26.0 Å². The molecule has 25 heavy (non-hydrogen) atoms. The number of phenolic OH excluding ortho intramolecular Hbond substituents is 1. The molecular weight excluding hydrogens is 308 g/mol. The van der Waals surface area contributed by atoms with Gasteiger partial charge in [-0.1, -0.05) is 57.2 Å². The third-order valence-electron chi connectivity index (χ3n) is 3.99. The molecule has 2 aromatic rings. The van der Waals surface area contributed by atoms with Crippen LogP contribution in [0.25, 0.3) is 0 Å². The predicted molar refractivity (Wildman–Crippen MR) is 108 cm³/mol. The average molecular weight is 343 g/mol. The zero-order chi connectivity index (χ0) is 18.7. The minimum Gasteiger partial charge on any atom is -0.508 e. The van der Waals surface area contributed by atoms with Crippen LogP contribution in [0.3, 0.4) is 0 Å². The van der Waals surface area contributed by atoms with Crippen molar-refractivity contribution in [2.45, 2.75) is 40.3 Å². The van der Waals surface area contributed by atoms with Gasteiger partial charge in [0.15, 0.2) is 0 Å². The third kappa shape index (κ3) is 8.19. The predicted octanol–water partition coefficient (Wildman–Crippen LogP) is 4.54. The number of rotatable bonds is 8. The Kier molecular flexibility index (Phi) is 9.90. The highest BCUT2D eigenvalue weighted by atomic mass is 16.3. The first kappa shape index (κ1) is 21.2. The molecule has 1 N–H and O–H groups in total. The number of aromatic hydroxyl groups is 1. The number of nitrogens with zero attached hydrogens (tertiary/aromatic N) is 2. The second-order valence-corrected chi connectivity index (χ2v) is 6.36. The van der Waals surface area contributed by atoms with E-state index in [0.717, 1.165) is 38.2 Å². The van der Waals surface area contributed by atoms with Crippen molar-refractivity contribution in [2.75, 3.05) is 27.2 Å². The highest BCUT2D eigenvalue weighted by molar-refractivity contribution is 5.27. The molecule has 0 bridgehead atoms. The van der Waals surface area contributed by atoms with Gasteiger partial charge in [-0.3, -0.25) is 4.90 Å². The van der Waals surface area contributed by atoms with Crippen LogP contribution in [0, 0.1) is 0 Å². The summed E-state index contributed by atoms with van der Waals surface area (Å²) in [4.78, 5) is 4.64. The molecule has 0 radical (unpaired) electrons. The first-order valence-corrected chi connectivity index (χ1v) is 9.29. The lowest BCUT2D eigenvalue weighted by molar-refractivity contribution is 0.226. The number of likely N-dealkylation sites (N-methyl/N-ethyl adjacent to an activating group) is 1. The molecule has 0 saturated heterocycles. The van der Waals surface area contributed by atoms with Crippen LogP contribution in [-0.4, -0.2) is 42.1 Å². The van der Waals surface area contributed by atoms with Crippen molar-refractivity contribution in [3.8, 4) is 5.75 Å². The molecule has 0 saturated carbocycles. The van der Waals surface area contributed by atoms with Crippen LogP contribution in [0.1, 0.15) is 37.5 Å². The summed E-state index contributed by atoms with van der Waals surface area (Å²) >= 11 is 0. The Labute approximate surface area is 153 Å². The number of phenols is 1. The van der Waals surface area contributed by atoms with Crippen LogP contribution < -0.4 is 0 Å². The first-order chi connectivity index (χ1) is 12.1. The molecule has 3 heteroatoms. The molecule has 0 aliphatic heterocycles. The summed E-state index contributed by atoms with van der Waals surface area (Å²) in [6.07, 6.45) is 1.07. The Morgan fingerprint density at radius 1 is 0.800 bits per heavy atom. The molecule has 0 spiro atoms. The molecule has 0 aliphatic carbocycles. The van der Waals surface area contributed by atoms with Crippen LogP contribution in [0.15, 0.2) is 48.5 Å². The minimum absolute atomic E-state index is 0.336. The van der Waals surface area contributed by atoms with Crippen LogP contribution in [-0.2, 0) is 19.5 Å². The molecule has 0 fully saturated rings. The van der Waals surface area contributed by atoms with Gasteiger partial charge in [0.1, 0.15) is 5.75 Å². The summed E-state index contributed by atoms with van der Waals surface area (Å²) < 4.78 is 0. The molecule has 138 valence electrons. The fraction of sp³-hybridized carbons (Fsp3) is 0.455. The van der Waals surface area contributed by atoms with Gasteiger partial charge in [-0.2, -0.15) is 0 Å². The zero-order valence-electron chi connectivity index (χ0n) is 16.5. The molecule has 2 rings (SSSR count). The zero-order valence-corrected chi connectivity index (χ0v) is 16.5. The summed E-state index contributed by atoms with van der Waals surface area (Å²) in [7, 11) is 4.20. The summed E-state index contributed by atoms with van der Waals surface area (Å²) in [6, 6.07) is 16.4. The second-order valence-electron chi connectivity index (χ2n) is 6.36. The Morgan fingerprint density at radius 3 is 1.92 bits per heavy atom. The van der Waals surface area contributed by atoms with E-state index in [1.165, 1.54) is 11.1 Å². The standard InChI is InChI=1S/C20H28N2O.C2H6/c1-4-17-7-5-8-18(13-17)15-22(12-11-21(2)3)16-19-9-6-10-20(23)14-19;1-2/h5-10,13-14,23H,4,11-12,15-16H2,1-3H3;1-2H3. The maximum atomic E-state index is 9.68. The molecule has 0 aromatic heterocycles. The SMILES string of the molecule is CC.CCc1cccc(CN(CCN(C)C)Cc2cccc(O)c2)c1. The fourth-order valence-electron chi connectivity index (χ4n) is 2.67. The van der Waals surface area contributed by atoms with Crippen molar-refractivity contribution in [2.24, 2.45) is 0 Å². The second kappa shape index (κ2) is 11.7. The van der Waals surface area contributed by atoms with E-state index in [0.29, 0.717) is 5.75 Å². The normalized spacial score (nSPS) is 10.7. The molecule has 2 aromatic carbocycles. The van der Waals surface area contributed by atoms with Crippen molar-refractivity contribution in [1.82, 2.24) is 9.80 Å². The number of aryl methyl sites for hydroxylation is 1. The Hall–Kier alpha value is -1.84. The van der Waals surface area contributed by atoms with Gasteiger partial charge in [0, 0.05) is 26.2 Å². The molecule has 0 heterocycles. The van der Waals surface area contributed by atoms with Crippen molar-refractivity contribution in [3.05, 3.63) is 65.2 Å². The quantitative estimate of drug-likeness (QED) is 0.763. The first-order valence-electron chi connectivity index (χ1n) is 9.29. The molecule has 0 amide bonds. The van der Waals surface area contributed by atoms with Gasteiger partial charge in [-0.15, -0.1) is 0 Å². The Balaban J connectivity index is 0.00000151. The van der Waals surface area contributed by atoms with E-state index >= 15 is 0 Å². The van der Waals surface area contributed by atoms with Crippen LogP contribution in [0.2, 0.25) is 0 Å². The monoisotopic (exact) mass is 342 g/mol. The van der Waals surface area contributed by atoms with Gasteiger partial charge in [-0.25, -0.2) is 0 Å². The summed E-state index contributed by atoms with van der Waals surface area (Å²) in [5.41, 5.74) is 3.88. The number of hydrogen-bond acceptors (Lipinski definition) is 3. The lowest BCUT2D eigenvalue weighted by atomic mass is 10.1. The van der Waals surface area contributed by atoms with Gasteiger partial charge < -0.3 is 10.0 Å². The van der Waals surface area contributed by atoms with Crippen LogP contribution in [0.5, 0.6) is 5.75 Å². The van der Waals surface area contributed by atoms with E-state index in [4.69, 9.17) is 0 Å². The Bertz CT molecular complexity index is 610. The molecule has 0 atom stereocenters. The summed E-state index contributed by atoms with van der Waals surface area (Å²) in [5.74, 6) is 0.336. The fourth-order valence-corrected chi connectivity index (χ4v) is 2.67. The largest absolute Gasteiger partial charge is 0.508 e. The van der Waals surface area contributed by atoms with Gasteiger partial charge in [0.25, 0.3) is 0 Å². The number of hydrogen-bond donors (Lipinski definition) is 1. The highest BCUT2D eigenvalue weighted by Gasteiger charge is 2.09. The van der Waals surface area contributed by atoms with Crippen LogP contribution in [0.4, 0.5) is 0 Å². The van der Waals surface area contributed by atoms with Crippen molar-refractivity contribution < 1.29 is 5.11 Å². The molecule has 3 nitrogen and oxygen atoms in total. The topological polar surface area (TPSA) is 26.7 Å². The third-order valence-corrected chi connectivity index (χ3v) is 3.99. The number of benzene rings is 2. The lowest BCUT2D eigenvalue weighted by Gasteiger charge is -2.24. The van der Waals surface area contributed by atoms with Gasteiger partial charge in [0.05, 0.1) is 0 Å².